The fourth-order valence-electron chi connectivity index (χ4n) is 7.43. The Bertz CT molecular complexity index is 1980. The van der Waals surface area contributed by atoms with Crippen molar-refractivity contribution in [1.82, 2.24) is 0 Å². The largest absolute Gasteiger partial charge is 0.459 e. The third-order valence-electron chi connectivity index (χ3n) is 11.1. The standard InChI is InChI=1S/C49H59F9O10/c1-5-6-7-8-9-10-11-12-22-31-39(67-42(60)45(63-3,48(53,54)55)37-27-18-14-19-28-37)32-23-24-33-65-34-40(68-43(61)46(64-4,49(56,57)58)38-29-20-15-21-30-38)35-66-41(59)44(62-2,47(50,51)52)36-25-16-13-17-26-36/h13-22,25-31,39-40H,5-12,23-24,32-35H2,1-4H3/b31-22+/t39?,40-,44+,45+,46+/m1/s1. The van der Waals surface area contributed by atoms with Crippen LogP contribution in [0.5, 0.6) is 0 Å². The molecule has 1 unspecified atom stereocenters. The number of alkyl halides is 9. The molecule has 0 fully saturated rings. The van der Waals surface area contributed by atoms with Crippen LogP contribution in [0.1, 0.15) is 94.2 Å². The summed E-state index contributed by atoms with van der Waals surface area (Å²) in [4.78, 5) is 40.5. The van der Waals surface area contributed by atoms with Crippen LogP contribution in [-0.4, -0.2) is 89.8 Å². The summed E-state index contributed by atoms with van der Waals surface area (Å²) in [6.07, 6.45) is -8.30. The van der Waals surface area contributed by atoms with E-state index in [-0.39, 0.29) is 25.9 Å². The molecule has 3 aromatic carbocycles. The van der Waals surface area contributed by atoms with Gasteiger partial charge in [-0.1, -0.05) is 143 Å². The van der Waals surface area contributed by atoms with E-state index < -0.39 is 95.4 Å². The maximum atomic E-state index is 14.8. The van der Waals surface area contributed by atoms with E-state index in [1.807, 2.05) is 0 Å². The molecule has 0 N–H and O–H groups in total. The van der Waals surface area contributed by atoms with Gasteiger partial charge >= 0.3 is 36.4 Å². The average Bonchev–Trinajstić information content (AvgIpc) is 3.29. The molecule has 0 radical (unpaired) electrons. The number of rotatable bonds is 29. The van der Waals surface area contributed by atoms with Crippen molar-refractivity contribution in [2.75, 3.05) is 41.2 Å². The van der Waals surface area contributed by atoms with Crippen LogP contribution < -0.4 is 0 Å². The van der Waals surface area contributed by atoms with E-state index in [0.29, 0.717) is 20.6 Å². The van der Waals surface area contributed by atoms with E-state index in [2.05, 4.69) is 6.92 Å². The Morgan fingerprint density at radius 1 is 0.515 bits per heavy atom. The number of esters is 3. The fourth-order valence-corrected chi connectivity index (χ4v) is 7.43. The van der Waals surface area contributed by atoms with Gasteiger partial charge in [-0.25, -0.2) is 14.4 Å². The number of ether oxygens (including phenoxy) is 7. The van der Waals surface area contributed by atoms with E-state index >= 15 is 0 Å². The first-order chi connectivity index (χ1) is 32.2. The van der Waals surface area contributed by atoms with Crippen molar-refractivity contribution in [2.45, 2.75) is 125 Å². The van der Waals surface area contributed by atoms with Gasteiger partial charge in [0.05, 0.1) is 6.61 Å². The van der Waals surface area contributed by atoms with Crippen LogP contribution in [0, 0.1) is 0 Å². The predicted octanol–water partition coefficient (Wildman–Crippen LogP) is 11.5. The van der Waals surface area contributed by atoms with Crippen LogP contribution in [-0.2, 0) is 64.3 Å². The molecule has 10 nitrogen and oxygen atoms in total. The Balaban J connectivity index is 1.83. The van der Waals surface area contributed by atoms with Gasteiger partial charge in [0.25, 0.3) is 16.8 Å². The first kappa shape index (κ1) is 57.3. The van der Waals surface area contributed by atoms with Gasteiger partial charge < -0.3 is 33.2 Å². The Hall–Kier alpha value is -4.98. The minimum absolute atomic E-state index is 0.0415. The van der Waals surface area contributed by atoms with Crippen molar-refractivity contribution in [3.63, 3.8) is 0 Å². The Kier molecular flexibility index (Phi) is 22.5. The summed E-state index contributed by atoms with van der Waals surface area (Å²) in [7, 11) is 1.94. The van der Waals surface area contributed by atoms with Gasteiger partial charge in [-0.2, -0.15) is 39.5 Å². The van der Waals surface area contributed by atoms with Crippen LogP contribution in [0.3, 0.4) is 0 Å². The minimum Gasteiger partial charge on any atom is -0.459 e. The lowest BCUT2D eigenvalue weighted by molar-refractivity contribution is -0.283. The molecule has 0 spiro atoms. The first-order valence-corrected chi connectivity index (χ1v) is 22.1. The molecule has 0 saturated heterocycles. The molecule has 5 atom stereocenters. The molecule has 0 amide bonds. The molecule has 0 bridgehead atoms. The van der Waals surface area contributed by atoms with Gasteiger partial charge in [-0.3, -0.25) is 0 Å². The first-order valence-electron chi connectivity index (χ1n) is 22.1. The van der Waals surface area contributed by atoms with Crippen molar-refractivity contribution in [3.05, 3.63) is 120 Å². The lowest BCUT2D eigenvalue weighted by Crippen LogP contribution is -2.54. The van der Waals surface area contributed by atoms with Gasteiger partial charge in [0.15, 0.2) is 6.10 Å². The van der Waals surface area contributed by atoms with Gasteiger partial charge in [-0.05, 0) is 38.2 Å². The van der Waals surface area contributed by atoms with Crippen LogP contribution in [0.25, 0.3) is 0 Å². The van der Waals surface area contributed by atoms with Crippen LogP contribution in [0.2, 0.25) is 0 Å². The second kappa shape index (κ2) is 26.7. The van der Waals surface area contributed by atoms with E-state index in [9.17, 15) is 53.9 Å². The topological polar surface area (TPSA) is 116 Å². The lowest BCUT2D eigenvalue weighted by atomic mass is 9.92. The smallest absolute Gasteiger partial charge is 0.432 e. The molecule has 19 heteroatoms. The maximum Gasteiger partial charge on any atom is 0.432 e. The number of halogens is 9. The molecule has 0 aromatic heterocycles. The van der Waals surface area contributed by atoms with Crippen molar-refractivity contribution < 1.29 is 87.1 Å². The van der Waals surface area contributed by atoms with Crippen molar-refractivity contribution >= 4 is 17.9 Å². The zero-order valence-electron chi connectivity index (χ0n) is 38.4. The number of allylic oxidation sites excluding steroid dienone is 1. The van der Waals surface area contributed by atoms with Crippen LogP contribution >= 0.6 is 0 Å². The van der Waals surface area contributed by atoms with Crippen molar-refractivity contribution in [2.24, 2.45) is 0 Å². The number of benzene rings is 3. The maximum absolute atomic E-state index is 14.8. The molecule has 0 aliphatic carbocycles. The van der Waals surface area contributed by atoms with E-state index in [4.69, 9.17) is 33.2 Å². The zero-order chi connectivity index (χ0) is 50.5. The number of carbonyl (C=O) groups excluding carboxylic acids is 3. The summed E-state index contributed by atoms with van der Waals surface area (Å²) in [5.41, 5.74) is -12.8. The van der Waals surface area contributed by atoms with E-state index in [0.717, 1.165) is 88.5 Å². The minimum atomic E-state index is -5.45. The SMILES string of the molecule is CCCCCCCCC/C=C/C(CCCCOC[C@H](COC(=O)[C@@](OC)(c1ccccc1)C(F)(F)F)OC(=O)[C@@](OC)(c1ccccc1)C(F)(F)F)OC(=O)[C@@](OC)(c1ccccc1)C(F)(F)F. The highest BCUT2D eigenvalue weighted by atomic mass is 19.4. The third kappa shape index (κ3) is 14.3. The van der Waals surface area contributed by atoms with Crippen molar-refractivity contribution in [1.29, 1.82) is 0 Å². The molecule has 0 aliphatic heterocycles. The van der Waals surface area contributed by atoms with Crippen LogP contribution in [0.4, 0.5) is 39.5 Å². The number of unbranched alkanes of at least 4 members (excludes halogenated alkanes) is 8. The van der Waals surface area contributed by atoms with E-state index in [1.54, 1.807) is 6.08 Å². The number of methoxy groups -OCH3 is 3. The Morgan fingerprint density at radius 3 is 1.35 bits per heavy atom. The number of carbonyl (C=O) groups is 3. The highest BCUT2D eigenvalue weighted by molar-refractivity contribution is 5.84. The lowest BCUT2D eigenvalue weighted by Gasteiger charge is -2.34. The predicted molar refractivity (Wildman–Crippen MR) is 231 cm³/mol. The fraction of sp³-hybridized carbons (Fsp3) is 0.531. The van der Waals surface area contributed by atoms with Crippen LogP contribution in [0.15, 0.2) is 103 Å². The van der Waals surface area contributed by atoms with Gasteiger partial charge in [0.2, 0.25) is 0 Å². The molecule has 3 aromatic rings. The Morgan fingerprint density at radius 2 is 0.926 bits per heavy atom. The van der Waals surface area contributed by atoms with E-state index in [1.165, 1.54) is 60.7 Å². The normalized spacial score (nSPS) is 16.0. The zero-order valence-corrected chi connectivity index (χ0v) is 38.4. The van der Waals surface area contributed by atoms with Gasteiger partial charge in [0.1, 0.15) is 12.7 Å². The molecule has 378 valence electrons. The molecule has 0 saturated carbocycles. The monoisotopic (exact) mass is 978 g/mol. The quantitative estimate of drug-likeness (QED) is 0.0219. The van der Waals surface area contributed by atoms with Crippen molar-refractivity contribution in [3.8, 4) is 0 Å². The highest BCUT2D eigenvalue weighted by Gasteiger charge is 2.66. The second-order valence-electron chi connectivity index (χ2n) is 15.7. The number of hydrogen-bond donors (Lipinski definition) is 0. The molecule has 0 aliphatic rings. The summed E-state index contributed by atoms with van der Waals surface area (Å²) in [5.74, 6) is -5.81. The van der Waals surface area contributed by atoms with Gasteiger partial charge in [0, 0.05) is 44.6 Å². The molecular formula is C49H59F9O10. The average molecular weight is 979 g/mol. The summed E-state index contributed by atoms with van der Waals surface area (Å²) in [6, 6.07) is 17.6. The molecule has 3 rings (SSSR count). The third-order valence-corrected chi connectivity index (χ3v) is 11.1. The summed E-state index contributed by atoms with van der Waals surface area (Å²) in [5, 5.41) is 0. The number of hydrogen-bond acceptors (Lipinski definition) is 10. The molecule has 68 heavy (non-hydrogen) atoms. The second-order valence-corrected chi connectivity index (χ2v) is 15.7. The summed E-state index contributed by atoms with van der Waals surface area (Å²) < 4.78 is 168. The molecule has 0 heterocycles. The molecular weight excluding hydrogens is 920 g/mol. The van der Waals surface area contributed by atoms with Gasteiger partial charge in [-0.15, -0.1) is 0 Å². The summed E-state index contributed by atoms with van der Waals surface area (Å²) >= 11 is 0. The summed E-state index contributed by atoms with van der Waals surface area (Å²) in [6.45, 7) is -0.257. The highest BCUT2D eigenvalue weighted by Crippen LogP contribution is 2.46. The Labute approximate surface area is 390 Å².